The summed E-state index contributed by atoms with van der Waals surface area (Å²) in [6, 6.07) is 0.218. The van der Waals surface area contributed by atoms with Crippen molar-refractivity contribution in [3.63, 3.8) is 0 Å². The maximum atomic E-state index is 9.99. The average molecular weight is 320 g/mol. The fourth-order valence-electron chi connectivity index (χ4n) is 3.07. The van der Waals surface area contributed by atoms with E-state index in [9.17, 15) is 5.11 Å². The van der Waals surface area contributed by atoms with Crippen molar-refractivity contribution >= 4 is 17.0 Å². The highest BCUT2D eigenvalue weighted by atomic mass is 16.3. The lowest BCUT2D eigenvalue weighted by molar-refractivity contribution is 0.0909. The maximum absolute atomic E-state index is 9.99. The monoisotopic (exact) mass is 320 g/mol. The van der Waals surface area contributed by atoms with Gasteiger partial charge in [0.05, 0.1) is 12.4 Å². The van der Waals surface area contributed by atoms with Gasteiger partial charge in [0.25, 0.3) is 0 Å². The van der Waals surface area contributed by atoms with Crippen molar-refractivity contribution in [1.29, 1.82) is 0 Å². The molecule has 128 valence electrons. The van der Waals surface area contributed by atoms with E-state index in [0.717, 1.165) is 55.8 Å². The third-order valence-corrected chi connectivity index (χ3v) is 4.27. The molecule has 0 saturated carbocycles. The van der Waals surface area contributed by atoms with Crippen LogP contribution in [0.25, 0.3) is 11.2 Å². The first-order valence-electron chi connectivity index (χ1n) is 7.91. The quantitative estimate of drug-likeness (QED) is 0.867. The zero-order chi connectivity index (χ0) is 15.5. The van der Waals surface area contributed by atoms with Crippen LogP contribution in [0.1, 0.15) is 33.1 Å². The van der Waals surface area contributed by atoms with E-state index in [1.165, 1.54) is 0 Å². The van der Waals surface area contributed by atoms with Gasteiger partial charge in [-0.2, -0.15) is 0 Å². The molecule has 7 nitrogen and oxygen atoms in total. The summed E-state index contributed by atoms with van der Waals surface area (Å²) in [6.07, 6.45) is 7.13. The number of nitrogens with one attached hydrogen (secondary N) is 1. The van der Waals surface area contributed by atoms with E-state index in [4.69, 9.17) is 0 Å². The summed E-state index contributed by atoms with van der Waals surface area (Å²) in [5, 5.41) is 13.4. The number of piperidine rings is 1. The molecule has 1 saturated heterocycles. The van der Waals surface area contributed by atoms with Gasteiger partial charge in [0, 0.05) is 26.7 Å². The van der Waals surface area contributed by atoms with Gasteiger partial charge >= 0.3 is 0 Å². The Morgan fingerprint density at radius 3 is 2.91 bits per heavy atom. The van der Waals surface area contributed by atoms with E-state index in [1.54, 1.807) is 6.33 Å². The fraction of sp³-hybridized carbons (Fsp3) is 0.688. The molecule has 0 bridgehead atoms. The van der Waals surface area contributed by atoms with Crippen LogP contribution in [-0.2, 0) is 6.54 Å². The Morgan fingerprint density at radius 2 is 2.17 bits per heavy atom. The van der Waals surface area contributed by atoms with Crippen molar-refractivity contribution < 1.29 is 5.11 Å². The lowest BCUT2D eigenvalue weighted by Crippen LogP contribution is -2.44. The topological polar surface area (TPSA) is 79.1 Å². The van der Waals surface area contributed by atoms with E-state index in [0.29, 0.717) is 0 Å². The first kappa shape index (κ1) is 17.6. The molecule has 7 heteroatoms. The van der Waals surface area contributed by atoms with Crippen molar-refractivity contribution in [2.45, 2.75) is 51.8 Å². The van der Waals surface area contributed by atoms with Crippen LogP contribution in [0.5, 0.6) is 0 Å². The Labute approximate surface area is 137 Å². The van der Waals surface area contributed by atoms with Crippen molar-refractivity contribution in [1.82, 2.24) is 24.8 Å². The van der Waals surface area contributed by atoms with Crippen LogP contribution in [0.4, 0.5) is 5.82 Å². The van der Waals surface area contributed by atoms with Crippen LogP contribution in [0, 0.1) is 0 Å². The molecule has 2 aromatic heterocycles. The van der Waals surface area contributed by atoms with Crippen LogP contribution >= 0.6 is 0 Å². The Balaban J connectivity index is 0.00000192. The standard InChI is InChI=1S/C15H24N6O.CH4/c1-20(2)14-13-15(18-9-17-14)21(10-19-13)8-4-5-11-12(22)6-3-7-16-11;/h9-12,16,22H,3-8H2,1-2H3;1H4/t11-,12+;/m1./s1. The highest BCUT2D eigenvalue weighted by Crippen LogP contribution is 2.20. The summed E-state index contributed by atoms with van der Waals surface area (Å²) in [7, 11) is 3.91. The molecule has 0 aromatic carbocycles. The Hall–Kier alpha value is -1.73. The number of imidazole rings is 1. The van der Waals surface area contributed by atoms with E-state index < -0.39 is 0 Å². The first-order valence-corrected chi connectivity index (χ1v) is 7.91. The number of aryl methyl sites for hydroxylation is 1. The number of aromatic nitrogens is 4. The zero-order valence-corrected chi connectivity index (χ0v) is 13.2. The van der Waals surface area contributed by atoms with Gasteiger partial charge in [-0.05, 0) is 32.2 Å². The van der Waals surface area contributed by atoms with Crippen molar-refractivity contribution in [3.8, 4) is 0 Å². The number of rotatable bonds is 5. The van der Waals surface area contributed by atoms with Gasteiger partial charge in [0.2, 0.25) is 0 Å². The second-order valence-electron chi connectivity index (χ2n) is 6.11. The number of aliphatic hydroxyl groups excluding tert-OH is 1. The molecule has 23 heavy (non-hydrogen) atoms. The van der Waals surface area contributed by atoms with Crippen LogP contribution in [-0.4, -0.2) is 57.4 Å². The summed E-state index contributed by atoms with van der Waals surface area (Å²) in [5.41, 5.74) is 1.71. The second kappa shape index (κ2) is 7.70. The fourth-order valence-corrected chi connectivity index (χ4v) is 3.07. The number of hydrogen-bond donors (Lipinski definition) is 2. The van der Waals surface area contributed by atoms with Gasteiger partial charge in [-0.3, -0.25) is 0 Å². The van der Waals surface area contributed by atoms with Crippen molar-refractivity contribution in [2.75, 3.05) is 25.5 Å². The van der Waals surface area contributed by atoms with Gasteiger partial charge in [0.15, 0.2) is 17.0 Å². The smallest absolute Gasteiger partial charge is 0.165 e. The summed E-state index contributed by atoms with van der Waals surface area (Å²) in [5.74, 6) is 0.841. The van der Waals surface area contributed by atoms with Crippen LogP contribution < -0.4 is 10.2 Å². The molecule has 3 heterocycles. The largest absolute Gasteiger partial charge is 0.392 e. The SMILES string of the molecule is C.CN(C)c1ncnc2c1ncn2CCC[C@H]1NCCC[C@@H]1O. The average Bonchev–Trinajstić information content (AvgIpc) is 2.92. The molecule has 0 radical (unpaired) electrons. The molecule has 1 aliphatic heterocycles. The molecule has 0 unspecified atom stereocenters. The van der Waals surface area contributed by atoms with Crippen LogP contribution in [0.3, 0.4) is 0 Å². The minimum absolute atomic E-state index is 0. The second-order valence-corrected chi connectivity index (χ2v) is 6.11. The third-order valence-electron chi connectivity index (χ3n) is 4.27. The molecular weight excluding hydrogens is 292 g/mol. The van der Waals surface area contributed by atoms with Crippen molar-refractivity contribution in [2.24, 2.45) is 0 Å². The molecule has 0 spiro atoms. The van der Waals surface area contributed by atoms with Gasteiger partial charge in [-0.15, -0.1) is 0 Å². The van der Waals surface area contributed by atoms with Gasteiger partial charge in [-0.1, -0.05) is 7.43 Å². The van der Waals surface area contributed by atoms with Gasteiger partial charge in [0.1, 0.15) is 6.33 Å². The highest BCUT2D eigenvalue weighted by Gasteiger charge is 2.21. The lowest BCUT2D eigenvalue weighted by Gasteiger charge is -2.28. The minimum atomic E-state index is -0.212. The molecule has 3 rings (SSSR count). The molecule has 0 amide bonds. The first-order chi connectivity index (χ1) is 10.7. The molecular formula is C16H28N6O. The van der Waals surface area contributed by atoms with E-state index in [-0.39, 0.29) is 19.6 Å². The predicted octanol–water partition coefficient (Wildman–Crippen LogP) is 1.42. The van der Waals surface area contributed by atoms with Crippen molar-refractivity contribution in [3.05, 3.63) is 12.7 Å². The Kier molecular flexibility index (Phi) is 5.90. The molecule has 0 aliphatic carbocycles. The zero-order valence-electron chi connectivity index (χ0n) is 13.2. The highest BCUT2D eigenvalue weighted by molar-refractivity contribution is 5.82. The number of nitrogens with zero attached hydrogens (tertiary/aromatic N) is 5. The summed E-state index contributed by atoms with van der Waals surface area (Å²) >= 11 is 0. The summed E-state index contributed by atoms with van der Waals surface area (Å²) < 4.78 is 2.07. The molecule has 2 atom stereocenters. The number of hydrogen-bond acceptors (Lipinski definition) is 6. The molecule has 2 aromatic rings. The maximum Gasteiger partial charge on any atom is 0.165 e. The molecule has 2 N–H and O–H groups in total. The number of aliphatic hydroxyl groups is 1. The van der Waals surface area contributed by atoms with E-state index in [2.05, 4.69) is 24.8 Å². The molecule has 1 aliphatic rings. The van der Waals surface area contributed by atoms with Gasteiger partial charge in [-0.25, -0.2) is 15.0 Å². The normalized spacial score (nSPS) is 21.2. The van der Waals surface area contributed by atoms with E-state index >= 15 is 0 Å². The van der Waals surface area contributed by atoms with E-state index in [1.807, 2.05) is 25.3 Å². The van der Waals surface area contributed by atoms with Crippen LogP contribution in [0.2, 0.25) is 0 Å². The molecule has 1 fully saturated rings. The third kappa shape index (κ3) is 3.79. The Bertz CT molecular complexity index is 626. The summed E-state index contributed by atoms with van der Waals surface area (Å²) in [4.78, 5) is 15.0. The van der Waals surface area contributed by atoms with Crippen LogP contribution in [0.15, 0.2) is 12.7 Å². The number of fused-ring (bicyclic) bond motifs is 1. The number of anilines is 1. The minimum Gasteiger partial charge on any atom is -0.392 e. The Morgan fingerprint density at radius 1 is 1.35 bits per heavy atom. The predicted molar refractivity (Wildman–Crippen MR) is 92.6 cm³/mol. The van der Waals surface area contributed by atoms with Gasteiger partial charge < -0.3 is 19.9 Å². The summed E-state index contributed by atoms with van der Waals surface area (Å²) in [6.45, 7) is 1.86. The lowest BCUT2D eigenvalue weighted by atomic mass is 9.97.